The molecule has 1 saturated carbocycles. The fourth-order valence-corrected chi connectivity index (χ4v) is 4.08. The number of carbonyl (C=O) groups excluding carboxylic acids is 2. The number of primary amides is 1. The molecule has 3 N–H and O–H groups in total. The first-order valence-electron chi connectivity index (χ1n) is 9.50. The predicted molar refractivity (Wildman–Crippen MR) is 98.9 cm³/mol. The Morgan fingerprint density at radius 1 is 1.27 bits per heavy atom. The summed E-state index contributed by atoms with van der Waals surface area (Å²) >= 11 is 0. The van der Waals surface area contributed by atoms with Crippen LogP contribution in [-0.4, -0.2) is 30.9 Å². The van der Waals surface area contributed by atoms with Crippen molar-refractivity contribution in [1.29, 1.82) is 0 Å². The molecule has 3 rings (SSSR count). The van der Waals surface area contributed by atoms with Gasteiger partial charge in [-0.1, -0.05) is 32.1 Å². The van der Waals surface area contributed by atoms with Crippen molar-refractivity contribution in [3.8, 4) is 0 Å². The summed E-state index contributed by atoms with van der Waals surface area (Å²) in [6.07, 6.45) is 9.26. The van der Waals surface area contributed by atoms with Crippen molar-refractivity contribution in [2.75, 3.05) is 18.0 Å². The number of nitrogens with one attached hydrogen (secondary N) is 1. The van der Waals surface area contributed by atoms with Crippen LogP contribution in [0.3, 0.4) is 0 Å². The SMILES string of the molecule is NC(=O)C1Cc2cc(F)ccc2N1CCNC(=O)[CH]CC1CCCCC1. The Kier molecular flexibility index (Phi) is 6.12. The van der Waals surface area contributed by atoms with Gasteiger partial charge in [-0.3, -0.25) is 9.59 Å². The second-order valence-corrected chi connectivity index (χ2v) is 7.32. The van der Waals surface area contributed by atoms with Crippen molar-refractivity contribution in [1.82, 2.24) is 5.32 Å². The molecule has 1 fully saturated rings. The zero-order valence-corrected chi connectivity index (χ0v) is 15.0. The van der Waals surface area contributed by atoms with Gasteiger partial charge in [-0.25, -0.2) is 4.39 Å². The van der Waals surface area contributed by atoms with Crippen LogP contribution >= 0.6 is 0 Å². The Bertz CT molecular complexity index is 658. The van der Waals surface area contributed by atoms with Gasteiger partial charge in [0.2, 0.25) is 11.8 Å². The standard InChI is InChI=1S/C20H27FN3O2/c21-16-7-8-17-15(12-16)13-18(20(22)26)24(17)11-10-23-19(25)9-6-14-4-2-1-3-5-14/h7-9,12,14,18H,1-6,10-11,13H2,(H2,22,26)(H,23,25). The van der Waals surface area contributed by atoms with Crippen molar-refractivity contribution < 1.29 is 14.0 Å². The molecule has 2 aliphatic rings. The Labute approximate surface area is 154 Å². The Hall–Kier alpha value is -2.11. The molecule has 5 nitrogen and oxygen atoms in total. The summed E-state index contributed by atoms with van der Waals surface area (Å²) in [4.78, 5) is 25.6. The Balaban J connectivity index is 1.48. The Morgan fingerprint density at radius 2 is 2.04 bits per heavy atom. The Morgan fingerprint density at radius 3 is 2.77 bits per heavy atom. The highest BCUT2D eigenvalue weighted by molar-refractivity contribution is 5.87. The summed E-state index contributed by atoms with van der Waals surface area (Å²) in [7, 11) is 0. The van der Waals surface area contributed by atoms with E-state index in [0.29, 0.717) is 25.4 Å². The third-order valence-corrected chi connectivity index (χ3v) is 5.48. The van der Waals surface area contributed by atoms with Crippen LogP contribution in [0.1, 0.15) is 44.1 Å². The van der Waals surface area contributed by atoms with Gasteiger partial charge in [0.1, 0.15) is 11.9 Å². The molecule has 1 atom stereocenters. The van der Waals surface area contributed by atoms with Crippen LogP contribution in [-0.2, 0) is 16.0 Å². The average Bonchev–Trinajstić information content (AvgIpc) is 2.99. The summed E-state index contributed by atoms with van der Waals surface area (Å²) in [5, 5.41) is 2.89. The molecular formula is C20H27FN3O2. The minimum Gasteiger partial charge on any atom is -0.368 e. The molecule has 1 aliphatic heterocycles. The molecule has 1 radical (unpaired) electrons. The van der Waals surface area contributed by atoms with E-state index >= 15 is 0 Å². The first-order chi connectivity index (χ1) is 12.5. The lowest BCUT2D eigenvalue weighted by Crippen LogP contribution is -2.46. The monoisotopic (exact) mass is 360 g/mol. The zero-order chi connectivity index (χ0) is 18.5. The van der Waals surface area contributed by atoms with Crippen LogP contribution in [0.15, 0.2) is 18.2 Å². The third-order valence-electron chi connectivity index (χ3n) is 5.48. The number of nitrogens with two attached hydrogens (primary N) is 1. The number of halogens is 1. The molecule has 1 aliphatic carbocycles. The number of benzene rings is 1. The van der Waals surface area contributed by atoms with E-state index in [1.807, 2.05) is 4.90 Å². The second kappa shape index (κ2) is 8.52. The first kappa shape index (κ1) is 18.7. The highest BCUT2D eigenvalue weighted by atomic mass is 19.1. The molecule has 1 aromatic carbocycles. The predicted octanol–water partition coefficient (Wildman–Crippen LogP) is 2.33. The molecule has 0 spiro atoms. The van der Waals surface area contributed by atoms with E-state index in [1.165, 1.54) is 44.2 Å². The van der Waals surface area contributed by atoms with Gasteiger partial charge >= 0.3 is 0 Å². The molecule has 1 unspecified atom stereocenters. The van der Waals surface area contributed by atoms with Crippen LogP contribution < -0.4 is 16.0 Å². The van der Waals surface area contributed by atoms with E-state index in [2.05, 4.69) is 5.32 Å². The lowest BCUT2D eigenvalue weighted by atomic mass is 9.86. The number of nitrogens with zero attached hydrogens (tertiary/aromatic N) is 1. The zero-order valence-electron chi connectivity index (χ0n) is 15.0. The van der Waals surface area contributed by atoms with Gasteiger partial charge in [0.25, 0.3) is 0 Å². The molecule has 0 saturated heterocycles. The molecule has 0 bridgehead atoms. The minimum absolute atomic E-state index is 0.0651. The van der Waals surface area contributed by atoms with Crippen molar-refractivity contribution in [3.05, 3.63) is 36.0 Å². The van der Waals surface area contributed by atoms with Gasteiger partial charge in [0.15, 0.2) is 0 Å². The van der Waals surface area contributed by atoms with Crippen LogP contribution in [0.25, 0.3) is 0 Å². The topological polar surface area (TPSA) is 75.4 Å². The quantitative estimate of drug-likeness (QED) is 0.784. The fraction of sp³-hybridized carbons (Fsp3) is 0.550. The largest absolute Gasteiger partial charge is 0.368 e. The lowest BCUT2D eigenvalue weighted by molar-refractivity contribution is -0.119. The molecule has 6 heteroatoms. The molecular weight excluding hydrogens is 333 g/mol. The van der Waals surface area contributed by atoms with E-state index in [0.717, 1.165) is 17.7 Å². The number of rotatable bonds is 7. The summed E-state index contributed by atoms with van der Waals surface area (Å²) in [5.74, 6) is -0.185. The summed E-state index contributed by atoms with van der Waals surface area (Å²) in [6, 6.07) is 4.01. The fourth-order valence-electron chi connectivity index (χ4n) is 4.08. The number of fused-ring (bicyclic) bond motifs is 1. The van der Waals surface area contributed by atoms with Gasteiger partial charge in [0.05, 0.1) is 0 Å². The van der Waals surface area contributed by atoms with Gasteiger partial charge in [-0.2, -0.15) is 0 Å². The molecule has 141 valence electrons. The minimum atomic E-state index is -0.491. The van der Waals surface area contributed by atoms with Gasteiger partial charge in [-0.15, -0.1) is 0 Å². The van der Waals surface area contributed by atoms with Crippen molar-refractivity contribution in [2.45, 2.75) is 51.0 Å². The number of amides is 2. The van der Waals surface area contributed by atoms with Crippen molar-refractivity contribution in [3.63, 3.8) is 0 Å². The maximum atomic E-state index is 13.4. The molecule has 1 heterocycles. The highest BCUT2D eigenvalue weighted by Crippen LogP contribution is 2.32. The van der Waals surface area contributed by atoms with E-state index < -0.39 is 11.9 Å². The second-order valence-electron chi connectivity index (χ2n) is 7.32. The molecule has 1 aromatic rings. The van der Waals surface area contributed by atoms with Gasteiger partial charge in [0, 0.05) is 31.6 Å². The van der Waals surface area contributed by atoms with Crippen molar-refractivity contribution in [2.24, 2.45) is 11.7 Å². The number of carbonyl (C=O) groups is 2. The first-order valence-corrected chi connectivity index (χ1v) is 9.50. The molecule has 0 aromatic heterocycles. The van der Waals surface area contributed by atoms with E-state index in [9.17, 15) is 14.0 Å². The van der Waals surface area contributed by atoms with E-state index in [4.69, 9.17) is 5.73 Å². The summed E-state index contributed by atoms with van der Waals surface area (Å²) in [5.41, 5.74) is 7.10. The lowest BCUT2D eigenvalue weighted by Gasteiger charge is -2.25. The van der Waals surface area contributed by atoms with Gasteiger partial charge in [-0.05, 0) is 36.1 Å². The molecule has 2 amide bonds. The number of anilines is 1. The maximum absolute atomic E-state index is 13.4. The number of hydrogen-bond donors (Lipinski definition) is 2. The van der Waals surface area contributed by atoms with Crippen LogP contribution in [0.2, 0.25) is 0 Å². The highest BCUT2D eigenvalue weighted by Gasteiger charge is 2.33. The third kappa shape index (κ3) is 4.54. The smallest absolute Gasteiger partial charge is 0.240 e. The maximum Gasteiger partial charge on any atom is 0.240 e. The van der Waals surface area contributed by atoms with Gasteiger partial charge < -0.3 is 16.0 Å². The van der Waals surface area contributed by atoms with E-state index in [-0.39, 0.29) is 11.7 Å². The van der Waals surface area contributed by atoms with Crippen LogP contribution in [0, 0.1) is 18.2 Å². The summed E-state index contributed by atoms with van der Waals surface area (Å²) < 4.78 is 13.4. The van der Waals surface area contributed by atoms with Crippen LogP contribution in [0.4, 0.5) is 10.1 Å². The average molecular weight is 360 g/mol. The van der Waals surface area contributed by atoms with Crippen LogP contribution in [0.5, 0.6) is 0 Å². The number of hydrogen-bond acceptors (Lipinski definition) is 3. The molecule has 26 heavy (non-hydrogen) atoms. The van der Waals surface area contributed by atoms with Crippen molar-refractivity contribution >= 4 is 17.5 Å². The summed E-state index contributed by atoms with van der Waals surface area (Å²) in [6.45, 7) is 0.885. The van der Waals surface area contributed by atoms with E-state index in [1.54, 1.807) is 12.5 Å². The normalized spacial score (nSPS) is 20.0.